The number of amides is 1. The number of halogens is 2. The summed E-state index contributed by atoms with van der Waals surface area (Å²) in [6, 6.07) is 7.42. The van der Waals surface area contributed by atoms with Gasteiger partial charge in [-0.1, -0.05) is 41.4 Å². The summed E-state index contributed by atoms with van der Waals surface area (Å²) >= 11 is 12.1. The minimum absolute atomic E-state index is 0.0225. The third-order valence-corrected chi connectivity index (χ3v) is 6.44. The van der Waals surface area contributed by atoms with Crippen LogP contribution in [0.5, 0.6) is 0 Å². The summed E-state index contributed by atoms with van der Waals surface area (Å²) in [6.07, 6.45) is 9.40. The van der Waals surface area contributed by atoms with Gasteiger partial charge in [-0.15, -0.1) is 0 Å². The van der Waals surface area contributed by atoms with Crippen LogP contribution >= 0.6 is 23.2 Å². The van der Waals surface area contributed by atoms with Gasteiger partial charge in [-0.2, -0.15) is 0 Å². The standard InChI is InChI=1S/C21H22Cl2N2O2.C4H4O4/c22-17-5-4-15(12-18(17)23)13-21(26)25-10-6-20-16(7-11-27-20)19(25)14-24-8-2-1-3-9-24;5-3(6)1-2-4(7)8/h1-2,4-5,7,11-12,19H,3,6,8-10,13-14H2;1-2H,(H,5,6)(H,7,8)/b;2-1+. The molecule has 0 fully saturated rings. The maximum Gasteiger partial charge on any atom is 0.328 e. The zero-order valence-corrected chi connectivity index (χ0v) is 20.4. The molecule has 35 heavy (non-hydrogen) atoms. The molecule has 0 aliphatic carbocycles. The molecule has 1 aromatic carbocycles. The molecule has 1 unspecified atom stereocenters. The van der Waals surface area contributed by atoms with Gasteiger partial charge in [-0.05, 0) is 30.2 Å². The highest BCUT2D eigenvalue weighted by Gasteiger charge is 2.33. The molecule has 1 amide bonds. The highest BCUT2D eigenvalue weighted by Crippen LogP contribution is 2.32. The number of hydrogen-bond acceptors (Lipinski definition) is 5. The molecule has 1 aromatic heterocycles. The Morgan fingerprint density at radius 2 is 1.77 bits per heavy atom. The Morgan fingerprint density at radius 1 is 1.03 bits per heavy atom. The number of benzene rings is 1. The summed E-state index contributed by atoms with van der Waals surface area (Å²) in [5.41, 5.74) is 2.02. The van der Waals surface area contributed by atoms with E-state index in [-0.39, 0.29) is 11.9 Å². The Hall–Kier alpha value is -3.07. The van der Waals surface area contributed by atoms with Crippen molar-refractivity contribution in [3.8, 4) is 0 Å². The van der Waals surface area contributed by atoms with E-state index < -0.39 is 11.9 Å². The number of carboxylic acid groups (broad SMARTS) is 2. The largest absolute Gasteiger partial charge is 0.478 e. The topological polar surface area (TPSA) is 111 Å². The minimum atomic E-state index is -1.26. The van der Waals surface area contributed by atoms with Crippen LogP contribution in [-0.2, 0) is 27.2 Å². The molecular weight excluding hydrogens is 495 g/mol. The molecule has 0 spiro atoms. The number of carbonyl (C=O) groups is 3. The summed E-state index contributed by atoms with van der Waals surface area (Å²) in [6.45, 7) is 3.45. The van der Waals surface area contributed by atoms with Crippen LogP contribution in [0, 0.1) is 0 Å². The molecule has 0 radical (unpaired) electrons. The predicted molar refractivity (Wildman–Crippen MR) is 132 cm³/mol. The van der Waals surface area contributed by atoms with Crippen molar-refractivity contribution in [2.45, 2.75) is 25.3 Å². The summed E-state index contributed by atoms with van der Waals surface area (Å²) in [5, 5.41) is 16.6. The lowest BCUT2D eigenvalue weighted by atomic mass is 9.97. The van der Waals surface area contributed by atoms with E-state index in [1.165, 1.54) is 0 Å². The van der Waals surface area contributed by atoms with E-state index >= 15 is 0 Å². The summed E-state index contributed by atoms with van der Waals surface area (Å²) in [7, 11) is 0. The van der Waals surface area contributed by atoms with Crippen molar-refractivity contribution in [2.75, 3.05) is 26.2 Å². The first-order valence-electron chi connectivity index (χ1n) is 11.1. The van der Waals surface area contributed by atoms with E-state index in [0.717, 1.165) is 49.4 Å². The second-order valence-electron chi connectivity index (χ2n) is 8.11. The molecule has 8 nitrogen and oxygen atoms in total. The molecule has 2 aliphatic rings. The molecule has 2 N–H and O–H groups in total. The maximum absolute atomic E-state index is 13.1. The van der Waals surface area contributed by atoms with Gasteiger partial charge in [0.15, 0.2) is 0 Å². The molecule has 0 saturated carbocycles. The van der Waals surface area contributed by atoms with Crippen LogP contribution in [0.1, 0.15) is 29.3 Å². The quantitative estimate of drug-likeness (QED) is 0.432. The molecule has 2 aliphatic heterocycles. The average molecular weight is 521 g/mol. The number of rotatable bonds is 6. The molecular formula is C25H26Cl2N2O6. The second-order valence-corrected chi connectivity index (χ2v) is 8.92. The molecule has 10 heteroatoms. The fraction of sp³-hybridized carbons (Fsp3) is 0.320. The Labute approximate surface area is 213 Å². The van der Waals surface area contributed by atoms with E-state index in [1.54, 1.807) is 18.4 Å². The predicted octanol–water partition coefficient (Wildman–Crippen LogP) is 4.23. The van der Waals surface area contributed by atoms with E-state index in [2.05, 4.69) is 17.1 Å². The van der Waals surface area contributed by atoms with Crippen molar-refractivity contribution >= 4 is 41.0 Å². The van der Waals surface area contributed by atoms with Crippen molar-refractivity contribution in [2.24, 2.45) is 0 Å². The van der Waals surface area contributed by atoms with Crippen molar-refractivity contribution in [3.05, 3.63) is 81.8 Å². The molecule has 0 saturated heterocycles. The monoisotopic (exact) mass is 520 g/mol. The lowest BCUT2D eigenvalue weighted by molar-refractivity contribution is -0.134. The van der Waals surface area contributed by atoms with E-state index in [9.17, 15) is 14.4 Å². The molecule has 0 bridgehead atoms. The SMILES string of the molecule is O=C(Cc1ccc(Cl)c(Cl)c1)N1CCc2occc2C1CN1CC=CCC1.O=C(O)/C=C/C(=O)O. The average Bonchev–Trinajstić information content (AvgIpc) is 3.31. The zero-order chi connectivity index (χ0) is 25.4. The summed E-state index contributed by atoms with van der Waals surface area (Å²) in [5.74, 6) is -1.40. The lowest BCUT2D eigenvalue weighted by Crippen LogP contribution is -2.46. The highest BCUT2D eigenvalue weighted by atomic mass is 35.5. The van der Waals surface area contributed by atoms with Gasteiger partial charge in [0.05, 0.1) is 28.8 Å². The van der Waals surface area contributed by atoms with Crippen molar-refractivity contribution in [1.29, 1.82) is 0 Å². The number of aliphatic carboxylic acids is 2. The first-order chi connectivity index (χ1) is 16.7. The third-order valence-electron chi connectivity index (χ3n) is 5.70. The van der Waals surface area contributed by atoms with Crippen LogP contribution in [0.2, 0.25) is 10.0 Å². The smallest absolute Gasteiger partial charge is 0.328 e. The van der Waals surface area contributed by atoms with Crippen LogP contribution in [-0.4, -0.2) is 64.0 Å². The van der Waals surface area contributed by atoms with Gasteiger partial charge in [0, 0.05) is 50.3 Å². The Morgan fingerprint density at radius 3 is 2.40 bits per heavy atom. The van der Waals surface area contributed by atoms with E-state index in [0.29, 0.717) is 35.2 Å². The number of carbonyl (C=O) groups excluding carboxylic acids is 1. The number of fused-ring (bicyclic) bond motifs is 1. The molecule has 2 aromatic rings. The van der Waals surface area contributed by atoms with Gasteiger partial charge in [0.1, 0.15) is 5.76 Å². The van der Waals surface area contributed by atoms with Crippen molar-refractivity contribution in [3.63, 3.8) is 0 Å². The van der Waals surface area contributed by atoms with Gasteiger partial charge in [0.25, 0.3) is 0 Å². The van der Waals surface area contributed by atoms with Gasteiger partial charge in [0.2, 0.25) is 5.91 Å². The number of furan rings is 1. The Bertz CT molecular complexity index is 1110. The van der Waals surface area contributed by atoms with Crippen LogP contribution in [0.3, 0.4) is 0 Å². The molecule has 4 rings (SSSR count). The number of nitrogens with zero attached hydrogens (tertiary/aromatic N) is 2. The van der Waals surface area contributed by atoms with Crippen molar-refractivity contribution in [1.82, 2.24) is 9.80 Å². The number of hydrogen-bond donors (Lipinski definition) is 2. The second kappa shape index (κ2) is 12.6. The molecule has 1 atom stereocenters. The number of carboxylic acids is 2. The summed E-state index contributed by atoms with van der Waals surface area (Å²) in [4.78, 5) is 36.6. The maximum atomic E-state index is 13.1. The molecule has 186 valence electrons. The fourth-order valence-corrected chi connectivity index (χ4v) is 4.38. The normalized spacial score (nSPS) is 17.5. The first kappa shape index (κ1) is 26.5. The van der Waals surface area contributed by atoms with Crippen LogP contribution in [0.15, 0.2) is 59.2 Å². The summed E-state index contributed by atoms with van der Waals surface area (Å²) < 4.78 is 5.65. The van der Waals surface area contributed by atoms with Gasteiger partial charge in [-0.3, -0.25) is 9.69 Å². The Balaban J connectivity index is 0.000000371. The van der Waals surface area contributed by atoms with Gasteiger partial charge < -0.3 is 19.5 Å². The fourth-order valence-electron chi connectivity index (χ4n) is 4.06. The highest BCUT2D eigenvalue weighted by molar-refractivity contribution is 6.42. The first-order valence-corrected chi connectivity index (χ1v) is 11.8. The zero-order valence-electron chi connectivity index (χ0n) is 18.9. The van der Waals surface area contributed by atoms with E-state index in [1.807, 2.05) is 17.0 Å². The van der Waals surface area contributed by atoms with Crippen molar-refractivity contribution < 1.29 is 29.0 Å². The molecule has 3 heterocycles. The van der Waals surface area contributed by atoms with E-state index in [4.69, 9.17) is 37.8 Å². The van der Waals surface area contributed by atoms with Crippen LogP contribution < -0.4 is 0 Å². The van der Waals surface area contributed by atoms with Gasteiger partial charge in [-0.25, -0.2) is 9.59 Å². The third kappa shape index (κ3) is 7.71. The Kier molecular flexibility index (Phi) is 9.54. The lowest BCUT2D eigenvalue weighted by Gasteiger charge is -2.38. The van der Waals surface area contributed by atoms with Crippen LogP contribution in [0.25, 0.3) is 0 Å². The van der Waals surface area contributed by atoms with Crippen LogP contribution in [0.4, 0.5) is 0 Å². The van der Waals surface area contributed by atoms with Gasteiger partial charge >= 0.3 is 11.9 Å². The minimum Gasteiger partial charge on any atom is -0.478 e.